The molecule has 0 saturated heterocycles. The molecule has 0 spiro atoms. The van der Waals surface area contributed by atoms with E-state index >= 15 is 0 Å². The molecule has 0 aliphatic rings. The van der Waals surface area contributed by atoms with Crippen molar-refractivity contribution in [2.45, 2.75) is 18.6 Å². The number of hydrogen-bond acceptors (Lipinski definition) is 5. The molecule has 0 aromatic rings. The summed E-state index contributed by atoms with van der Waals surface area (Å²) in [6, 6.07) is -1.49. The summed E-state index contributed by atoms with van der Waals surface area (Å²) in [5.41, 5.74) is 4.98. The standard InChI is InChI=1S/C6H11NO5/c7-5(6(11)12)4(10)1-3(9)2-8/h4-5,8,10H,1-2,7H2,(H,11,12)/t4-,5+/m1/s1. The molecule has 2 atom stereocenters. The van der Waals surface area contributed by atoms with Crippen molar-refractivity contribution in [3.63, 3.8) is 0 Å². The summed E-state index contributed by atoms with van der Waals surface area (Å²) in [7, 11) is 0. The van der Waals surface area contributed by atoms with Gasteiger partial charge in [-0.2, -0.15) is 0 Å². The van der Waals surface area contributed by atoms with E-state index in [1.807, 2.05) is 0 Å². The van der Waals surface area contributed by atoms with Gasteiger partial charge in [0.1, 0.15) is 12.6 Å². The van der Waals surface area contributed by atoms with E-state index < -0.39 is 36.9 Å². The van der Waals surface area contributed by atoms with E-state index in [1.165, 1.54) is 0 Å². The quantitative estimate of drug-likeness (QED) is 0.375. The molecule has 6 heteroatoms. The molecule has 12 heavy (non-hydrogen) atoms. The zero-order valence-electron chi connectivity index (χ0n) is 6.30. The number of aliphatic hydroxyl groups is 2. The summed E-state index contributed by atoms with van der Waals surface area (Å²) in [6.07, 6.45) is -1.88. The normalized spacial score (nSPS) is 15.2. The van der Waals surface area contributed by atoms with Crippen molar-refractivity contribution in [1.29, 1.82) is 0 Å². The smallest absolute Gasteiger partial charge is 0.323 e. The maximum atomic E-state index is 10.5. The van der Waals surface area contributed by atoms with E-state index in [0.717, 1.165) is 0 Å². The fourth-order valence-electron chi connectivity index (χ4n) is 0.589. The Morgan fingerprint density at radius 3 is 2.25 bits per heavy atom. The van der Waals surface area contributed by atoms with Crippen molar-refractivity contribution in [3.8, 4) is 0 Å². The van der Waals surface area contributed by atoms with Crippen LogP contribution in [0.4, 0.5) is 0 Å². The van der Waals surface area contributed by atoms with Crippen LogP contribution in [0.15, 0.2) is 0 Å². The highest BCUT2D eigenvalue weighted by Gasteiger charge is 2.23. The number of nitrogens with two attached hydrogens (primary N) is 1. The van der Waals surface area contributed by atoms with E-state index in [1.54, 1.807) is 0 Å². The minimum atomic E-state index is -1.49. The van der Waals surface area contributed by atoms with E-state index in [2.05, 4.69) is 0 Å². The number of carbonyl (C=O) groups excluding carboxylic acids is 1. The second-order valence-corrected chi connectivity index (χ2v) is 2.33. The Morgan fingerprint density at radius 2 is 1.92 bits per heavy atom. The first-order valence-corrected chi connectivity index (χ1v) is 3.28. The summed E-state index contributed by atoms with van der Waals surface area (Å²) in [4.78, 5) is 20.6. The molecular weight excluding hydrogens is 166 g/mol. The number of carbonyl (C=O) groups is 2. The molecule has 5 N–H and O–H groups in total. The highest BCUT2D eigenvalue weighted by atomic mass is 16.4. The molecule has 0 aliphatic carbocycles. The van der Waals surface area contributed by atoms with Crippen LogP contribution in [0, 0.1) is 0 Å². The fraction of sp³-hybridized carbons (Fsp3) is 0.667. The summed E-state index contributed by atoms with van der Waals surface area (Å²) in [6.45, 7) is -0.719. The van der Waals surface area contributed by atoms with Crippen molar-refractivity contribution in [2.75, 3.05) is 6.61 Å². The zero-order chi connectivity index (χ0) is 9.72. The molecular formula is C6H11NO5. The van der Waals surface area contributed by atoms with Crippen LogP contribution in [-0.2, 0) is 9.59 Å². The van der Waals surface area contributed by atoms with Crippen molar-refractivity contribution in [3.05, 3.63) is 0 Å². The van der Waals surface area contributed by atoms with Gasteiger partial charge in [-0.25, -0.2) is 0 Å². The molecule has 70 valence electrons. The van der Waals surface area contributed by atoms with Gasteiger partial charge in [-0.3, -0.25) is 9.59 Å². The molecule has 0 heterocycles. The minimum absolute atomic E-state index is 0.441. The SMILES string of the molecule is N[C@H](C(=O)O)[C@H](O)CC(=O)CO. The van der Waals surface area contributed by atoms with Gasteiger partial charge in [0.2, 0.25) is 0 Å². The number of rotatable bonds is 5. The minimum Gasteiger partial charge on any atom is -0.480 e. The molecule has 0 radical (unpaired) electrons. The van der Waals surface area contributed by atoms with Crippen molar-refractivity contribution < 1.29 is 24.9 Å². The largest absolute Gasteiger partial charge is 0.480 e. The molecule has 0 amide bonds. The Balaban J connectivity index is 3.94. The average Bonchev–Trinajstić information content (AvgIpc) is 2.02. The van der Waals surface area contributed by atoms with Gasteiger partial charge in [0.05, 0.1) is 6.10 Å². The van der Waals surface area contributed by atoms with Crippen LogP contribution >= 0.6 is 0 Å². The topological polar surface area (TPSA) is 121 Å². The third-order valence-electron chi connectivity index (χ3n) is 1.31. The number of Topliss-reactive ketones (excluding diaryl/α,β-unsaturated/α-hetero) is 1. The molecule has 0 bridgehead atoms. The van der Waals surface area contributed by atoms with Crippen LogP contribution in [0.2, 0.25) is 0 Å². The summed E-state index contributed by atoms with van der Waals surface area (Å²) in [5.74, 6) is -2.02. The molecule has 0 unspecified atom stereocenters. The van der Waals surface area contributed by atoms with Crippen molar-refractivity contribution in [1.82, 2.24) is 0 Å². The lowest BCUT2D eigenvalue weighted by molar-refractivity contribution is -0.141. The number of carboxylic acids is 1. The Hall–Kier alpha value is -0.980. The first-order chi connectivity index (χ1) is 5.49. The first kappa shape index (κ1) is 11.0. The lowest BCUT2D eigenvalue weighted by atomic mass is 10.1. The Kier molecular flexibility index (Phi) is 4.42. The lowest BCUT2D eigenvalue weighted by Crippen LogP contribution is -2.43. The van der Waals surface area contributed by atoms with Gasteiger partial charge in [-0.15, -0.1) is 0 Å². The second-order valence-electron chi connectivity index (χ2n) is 2.33. The van der Waals surface area contributed by atoms with Gasteiger partial charge in [-0.1, -0.05) is 0 Å². The molecule has 0 fully saturated rings. The number of hydrogen-bond donors (Lipinski definition) is 4. The van der Waals surface area contributed by atoms with E-state index in [-0.39, 0.29) is 0 Å². The maximum absolute atomic E-state index is 10.5. The van der Waals surface area contributed by atoms with Crippen LogP contribution in [0.3, 0.4) is 0 Å². The molecule has 0 aliphatic heterocycles. The van der Waals surface area contributed by atoms with E-state index in [0.29, 0.717) is 0 Å². The Morgan fingerprint density at radius 1 is 1.42 bits per heavy atom. The zero-order valence-corrected chi connectivity index (χ0v) is 6.30. The molecule has 0 aromatic carbocycles. The monoisotopic (exact) mass is 177 g/mol. The number of aliphatic hydroxyl groups excluding tert-OH is 2. The summed E-state index contributed by atoms with van der Waals surface area (Å²) < 4.78 is 0. The van der Waals surface area contributed by atoms with Crippen molar-refractivity contribution in [2.24, 2.45) is 5.73 Å². The number of carboxylic acid groups (broad SMARTS) is 1. The predicted octanol–water partition coefficient (Wildman–Crippen LogP) is -2.29. The van der Waals surface area contributed by atoms with Gasteiger partial charge >= 0.3 is 5.97 Å². The predicted molar refractivity (Wildman–Crippen MR) is 38.3 cm³/mol. The van der Waals surface area contributed by atoms with Crippen molar-refractivity contribution >= 4 is 11.8 Å². The third-order valence-corrected chi connectivity index (χ3v) is 1.31. The highest BCUT2D eigenvalue weighted by molar-refractivity contribution is 5.81. The van der Waals surface area contributed by atoms with E-state index in [9.17, 15) is 9.59 Å². The second kappa shape index (κ2) is 4.81. The maximum Gasteiger partial charge on any atom is 0.323 e. The van der Waals surface area contributed by atoms with Gasteiger partial charge in [0, 0.05) is 6.42 Å². The highest BCUT2D eigenvalue weighted by Crippen LogP contribution is 1.97. The summed E-state index contributed by atoms with van der Waals surface area (Å²) in [5, 5.41) is 25.5. The van der Waals surface area contributed by atoms with Crippen LogP contribution in [0.5, 0.6) is 0 Å². The van der Waals surface area contributed by atoms with Gasteiger partial charge < -0.3 is 21.1 Å². The van der Waals surface area contributed by atoms with Crippen LogP contribution < -0.4 is 5.73 Å². The van der Waals surface area contributed by atoms with E-state index in [4.69, 9.17) is 21.1 Å². The summed E-state index contributed by atoms with van der Waals surface area (Å²) >= 11 is 0. The van der Waals surface area contributed by atoms with Gasteiger partial charge in [0.25, 0.3) is 0 Å². The lowest BCUT2D eigenvalue weighted by Gasteiger charge is -2.12. The Bertz CT molecular complexity index is 181. The Labute approximate surface area is 68.6 Å². The van der Waals surface area contributed by atoms with Gasteiger partial charge in [0.15, 0.2) is 5.78 Å². The molecule has 0 aromatic heterocycles. The fourth-order valence-corrected chi connectivity index (χ4v) is 0.589. The average molecular weight is 177 g/mol. The van der Waals surface area contributed by atoms with Crippen LogP contribution in [0.1, 0.15) is 6.42 Å². The molecule has 6 nitrogen and oxygen atoms in total. The molecule has 0 saturated carbocycles. The van der Waals surface area contributed by atoms with Crippen LogP contribution in [-0.4, -0.2) is 45.8 Å². The molecule has 0 rings (SSSR count). The number of ketones is 1. The third kappa shape index (κ3) is 3.42. The number of aliphatic carboxylic acids is 1. The van der Waals surface area contributed by atoms with Crippen LogP contribution in [0.25, 0.3) is 0 Å². The van der Waals surface area contributed by atoms with Gasteiger partial charge in [-0.05, 0) is 0 Å². The first-order valence-electron chi connectivity index (χ1n) is 3.28.